The van der Waals surface area contributed by atoms with Gasteiger partial charge in [-0.15, -0.1) is 0 Å². The molecule has 1 aromatic carbocycles. The second kappa shape index (κ2) is 7.27. The van der Waals surface area contributed by atoms with E-state index in [-0.39, 0.29) is 6.61 Å². The highest BCUT2D eigenvalue weighted by Gasteiger charge is 2.15. The lowest BCUT2D eigenvalue weighted by Crippen LogP contribution is -2.30. The lowest BCUT2D eigenvalue weighted by atomic mass is 9.96. The van der Waals surface area contributed by atoms with Gasteiger partial charge in [-0.3, -0.25) is 0 Å². The first-order chi connectivity index (χ1) is 8.43. The summed E-state index contributed by atoms with van der Waals surface area (Å²) in [6.07, 6.45) is 0. The van der Waals surface area contributed by atoms with E-state index in [4.69, 9.17) is 0 Å². The van der Waals surface area contributed by atoms with Crippen molar-refractivity contribution in [1.82, 2.24) is 4.90 Å². The molecule has 3 heteroatoms. The molecule has 1 atom stereocenters. The zero-order chi connectivity index (χ0) is 13.7. The Kier molecular flexibility index (Phi) is 6.33. The molecule has 0 radical (unpaired) electrons. The minimum atomic E-state index is 0.263. The van der Waals surface area contributed by atoms with Crippen LogP contribution >= 0.6 is 15.9 Å². The van der Waals surface area contributed by atoms with Crippen molar-refractivity contribution in [1.29, 1.82) is 0 Å². The van der Waals surface area contributed by atoms with E-state index >= 15 is 0 Å². The number of nitrogens with zero attached hydrogens (tertiary/aromatic N) is 1. The fraction of sp³-hybridized carbons (Fsp3) is 0.600. The standard InChI is InChI=1S/C15H24BrNO/c1-11(2)14(10-18)9-17(4)8-13-7-15(16)6-5-12(13)3/h5-7,11,14,18H,8-10H2,1-4H3. The maximum absolute atomic E-state index is 9.38. The molecule has 102 valence electrons. The van der Waals surface area contributed by atoms with E-state index in [2.05, 4.69) is 66.8 Å². The monoisotopic (exact) mass is 313 g/mol. The molecule has 0 bridgehead atoms. The van der Waals surface area contributed by atoms with Crippen LogP contribution in [0.25, 0.3) is 0 Å². The van der Waals surface area contributed by atoms with Crippen LogP contribution in [-0.2, 0) is 6.54 Å². The number of aliphatic hydroxyl groups excluding tert-OH is 1. The molecule has 1 aromatic rings. The Morgan fingerprint density at radius 3 is 2.56 bits per heavy atom. The van der Waals surface area contributed by atoms with E-state index < -0.39 is 0 Å². The van der Waals surface area contributed by atoms with E-state index in [0.717, 1.165) is 17.6 Å². The van der Waals surface area contributed by atoms with E-state index in [1.807, 2.05) is 0 Å². The summed E-state index contributed by atoms with van der Waals surface area (Å²) in [5.41, 5.74) is 2.66. The van der Waals surface area contributed by atoms with Gasteiger partial charge in [-0.1, -0.05) is 35.8 Å². The second-order valence-electron chi connectivity index (χ2n) is 5.45. The number of hydrogen-bond acceptors (Lipinski definition) is 2. The fourth-order valence-corrected chi connectivity index (χ4v) is 2.45. The van der Waals surface area contributed by atoms with Gasteiger partial charge in [-0.2, -0.15) is 0 Å². The first-order valence-corrected chi connectivity index (χ1v) is 7.27. The summed E-state index contributed by atoms with van der Waals surface area (Å²) in [6.45, 7) is 8.59. The smallest absolute Gasteiger partial charge is 0.0473 e. The van der Waals surface area contributed by atoms with Crippen LogP contribution in [0.4, 0.5) is 0 Å². The molecular formula is C15H24BrNO. The van der Waals surface area contributed by atoms with E-state index in [0.29, 0.717) is 11.8 Å². The molecule has 1 rings (SSSR count). The first-order valence-electron chi connectivity index (χ1n) is 6.48. The number of benzene rings is 1. The van der Waals surface area contributed by atoms with Crippen LogP contribution in [0.5, 0.6) is 0 Å². The molecule has 0 aliphatic carbocycles. The number of aryl methyl sites for hydroxylation is 1. The number of hydrogen-bond donors (Lipinski definition) is 1. The van der Waals surface area contributed by atoms with Crippen molar-refractivity contribution in [3.63, 3.8) is 0 Å². The molecule has 0 amide bonds. The minimum Gasteiger partial charge on any atom is -0.396 e. The van der Waals surface area contributed by atoms with E-state index in [1.165, 1.54) is 11.1 Å². The molecule has 0 aliphatic heterocycles. The highest BCUT2D eigenvalue weighted by Crippen LogP contribution is 2.18. The average Bonchev–Trinajstić information content (AvgIpc) is 2.30. The van der Waals surface area contributed by atoms with Gasteiger partial charge in [0.05, 0.1) is 0 Å². The third kappa shape index (κ3) is 4.71. The third-order valence-corrected chi connectivity index (χ3v) is 3.97. The molecule has 0 spiro atoms. The fourth-order valence-electron chi connectivity index (χ4n) is 2.05. The summed E-state index contributed by atoms with van der Waals surface area (Å²) >= 11 is 3.52. The second-order valence-corrected chi connectivity index (χ2v) is 6.37. The van der Waals surface area contributed by atoms with Gasteiger partial charge in [0.1, 0.15) is 0 Å². The van der Waals surface area contributed by atoms with Gasteiger partial charge >= 0.3 is 0 Å². The molecule has 0 fully saturated rings. The lowest BCUT2D eigenvalue weighted by molar-refractivity contribution is 0.143. The first kappa shape index (κ1) is 15.7. The minimum absolute atomic E-state index is 0.263. The Labute approximate surface area is 119 Å². The van der Waals surface area contributed by atoms with Crippen molar-refractivity contribution in [2.75, 3.05) is 20.2 Å². The van der Waals surface area contributed by atoms with Gasteiger partial charge < -0.3 is 10.0 Å². The summed E-state index contributed by atoms with van der Waals surface area (Å²) in [5.74, 6) is 0.864. The maximum Gasteiger partial charge on any atom is 0.0473 e. The van der Waals surface area contributed by atoms with Crippen molar-refractivity contribution in [2.45, 2.75) is 27.3 Å². The Bertz CT molecular complexity index is 379. The highest BCUT2D eigenvalue weighted by atomic mass is 79.9. The van der Waals surface area contributed by atoms with E-state index in [1.54, 1.807) is 0 Å². The van der Waals surface area contributed by atoms with Crippen LogP contribution in [0.3, 0.4) is 0 Å². The summed E-state index contributed by atoms with van der Waals surface area (Å²) in [4.78, 5) is 2.29. The number of aliphatic hydroxyl groups is 1. The summed E-state index contributed by atoms with van der Waals surface area (Å²) < 4.78 is 1.12. The topological polar surface area (TPSA) is 23.5 Å². The Balaban J connectivity index is 2.63. The molecule has 1 unspecified atom stereocenters. The normalized spacial score (nSPS) is 13.3. The molecule has 1 N–H and O–H groups in total. The molecule has 0 saturated heterocycles. The zero-order valence-electron chi connectivity index (χ0n) is 11.8. The molecular weight excluding hydrogens is 290 g/mol. The third-order valence-electron chi connectivity index (χ3n) is 3.47. The predicted octanol–water partition coefficient (Wildman–Crippen LogP) is 3.45. The largest absolute Gasteiger partial charge is 0.396 e. The van der Waals surface area contributed by atoms with Gasteiger partial charge in [0.2, 0.25) is 0 Å². The van der Waals surface area contributed by atoms with Gasteiger partial charge in [-0.05, 0) is 49.1 Å². The molecule has 2 nitrogen and oxygen atoms in total. The zero-order valence-corrected chi connectivity index (χ0v) is 13.4. The van der Waals surface area contributed by atoms with E-state index in [9.17, 15) is 5.11 Å². The number of halogens is 1. The van der Waals surface area contributed by atoms with Crippen molar-refractivity contribution in [3.8, 4) is 0 Å². The number of rotatable bonds is 6. The Hall–Kier alpha value is -0.380. The van der Waals surface area contributed by atoms with Crippen LogP contribution < -0.4 is 0 Å². The summed E-state index contributed by atoms with van der Waals surface area (Å²) in [5, 5.41) is 9.38. The van der Waals surface area contributed by atoms with Crippen LogP contribution in [0.15, 0.2) is 22.7 Å². The van der Waals surface area contributed by atoms with Crippen molar-refractivity contribution in [3.05, 3.63) is 33.8 Å². The average molecular weight is 314 g/mol. The SMILES string of the molecule is Cc1ccc(Br)cc1CN(C)CC(CO)C(C)C. The Morgan fingerprint density at radius 1 is 1.33 bits per heavy atom. The molecule has 0 saturated carbocycles. The van der Waals surface area contributed by atoms with Crippen LogP contribution in [0.1, 0.15) is 25.0 Å². The van der Waals surface area contributed by atoms with Crippen molar-refractivity contribution < 1.29 is 5.11 Å². The quantitative estimate of drug-likeness (QED) is 0.869. The highest BCUT2D eigenvalue weighted by molar-refractivity contribution is 9.10. The van der Waals surface area contributed by atoms with Crippen molar-refractivity contribution in [2.24, 2.45) is 11.8 Å². The predicted molar refractivity (Wildman–Crippen MR) is 80.6 cm³/mol. The molecule has 18 heavy (non-hydrogen) atoms. The molecule has 0 heterocycles. The van der Waals surface area contributed by atoms with Crippen LogP contribution in [0.2, 0.25) is 0 Å². The van der Waals surface area contributed by atoms with Crippen molar-refractivity contribution >= 4 is 15.9 Å². The summed E-state index contributed by atoms with van der Waals surface area (Å²) in [7, 11) is 2.12. The Morgan fingerprint density at radius 2 is 2.00 bits per heavy atom. The van der Waals surface area contributed by atoms with Gasteiger partial charge in [0, 0.05) is 24.2 Å². The van der Waals surface area contributed by atoms with Gasteiger partial charge in [0.25, 0.3) is 0 Å². The van der Waals surface area contributed by atoms with Gasteiger partial charge in [0.15, 0.2) is 0 Å². The maximum atomic E-state index is 9.38. The van der Waals surface area contributed by atoms with Gasteiger partial charge in [-0.25, -0.2) is 0 Å². The summed E-state index contributed by atoms with van der Waals surface area (Å²) in [6, 6.07) is 6.39. The molecule has 0 aliphatic rings. The lowest BCUT2D eigenvalue weighted by Gasteiger charge is -2.25. The van der Waals surface area contributed by atoms with Crippen LogP contribution in [-0.4, -0.2) is 30.2 Å². The molecule has 0 aromatic heterocycles. The van der Waals surface area contributed by atoms with Crippen LogP contribution in [0, 0.1) is 18.8 Å².